The van der Waals surface area contributed by atoms with Crippen molar-refractivity contribution in [2.75, 3.05) is 24.6 Å². The second-order valence-electron chi connectivity index (χ2n) is 6.13. The molecule has 1 unspecified atom stereocenters. The van der Waals surface area contributed by atoms with Crippen LogP contribution in [0.3, 0.4) is 0 Å². The fourth-order valence-electron chi connectivity index (χ4n) is 3.47. The van der Waals surface area contributed by atoms with Gasteiger partial charge in [-0.2, -0.15) is 0 Å². The van der Waals surface area contributed by atoms with Crippen LogP contribution in [0.4, 0.5) is 11.4 Å². The first-order valence-corrected chi connectivity index (χ1v) is 7.72. The number of carbonyl (C=O) groups is 1. The van der Waals surface area contributed by atoms with Crippen LogP contribution in [0.1, 0.15) is 26.2 Å². The summed E-state index contributed by atoms with van der Waals surface area (Å²) < 4.78 is 5.12. The minimum atomic E-state index is -0.386. The highest BCUT2D eigenvalue weighted by Gasteiger charge is 2.59. The van der Waals surface area contributed by atoms with Gasteiger partial charge in [-0.05, 0) is 43.7 Å². The summed E-state index contributed by atoms with van der Waals surface area (Å²) in [7, 11) is 0. The Hall–Kier alpha value is -2.11. The second kappa shape index (κ2) is 5.59. The monoisotopic (exact) mass is 304 g/mol. The molecule has 0 N–H and O–H groups in total. The van der Waals surface area contributed by atoms with Gasteiger partial charge in [0.1, 0.15) is 0 Å². The van der Waals surface area contributed by atoms with Crippen molar-refractivity contribution in [3.63, 3.8) is 0 Å². The predicted molar refractivity (Wildman–Crippen MR) is 81.7 cm³/mol. The lowest BCUT2D eigenvalue weighted by atomic mass is 9.90. The molecule has 1 aliphatic heterocycles. The summed E-state index contributed by atoms with van der Waals surface area (Å²) in [5.74, 6) is 0.0257. The molecule has 22 heavy (non-hydrogen) atoms. The van der Waals surface area contributed by atoms with Crippen LogP contribution in [-0.2, 0) is 9.53 Å². The number of hydrogen-bond acceptors (Lipinski definition) is 5. The third kappa shape index (κ3) is 2.65. The first-order chi connectivity index (χ1) is 10.6. The van der Waals surface area contributed by atoms with Crippen LogP contribution in [0.15, 0.2) is 24.3 Å². The van der Waals surface area contributed by atoms with Crippen molar-refractivity contribution >= 4 is 17.3 Å². The number of nitro groups is 1. The molecule has 1 aromatic carbocycles. The number of benzene rings is 1. The molecule has 0 aromatic heterocycles. The van der Waals surface area contributed by atoms with Gasteiger partial charge in [0, 0.05) is 30.9 Å². The summed E-state index contributed by atoms with van der Waals surface area (Å²) >= 11 is 0. The zero-order valence-electron chi connectivity index (χ0n) is 12.7. The maximum Gasteiger partial charge on any atom is 0.309 e. The van der Waals surface area contributed by atoms with Crippen molar-refractivity contribution in [3.05, 3.63) is 34.4 Å². The van der Waals surface area contributed by atoms with Crippen LogP contribution in [0, 0.1) is 21.4 Å². The molecule has 1 heterocycles. The van der Waals surface area contributed by atoms with E-state index in [0.717, 1.165) is 38.0 Å². The Labute approximate surface area is 129 Å². The highest BCUT2D eigenvalue weighted by Crippen LogP contribution is 2.60. The van der Waals surface area contributed by atoms with Crippen LogP contribution in [0.2, 0.25) is 0 Å². The number of anilines is 1. The second-order valence-corrected chi connectivity index (χ2v) is 6.13. The largest absolute Gasteiger partial charge is 0.466 e. The fourth-order valence-corrected chi connectivity index (χ4v) is 3.47. The summed E-state index contributed by atoms with van der Waals surface area (Å²) in [4.78, 5) is 24.4. The molecule has 6 nitrogen and oxygen atoms in total. The van der Waals surface area contributed by atoms with Crippen molar-refractivity contribution in [1.82, 2.24) is 0 Å². The van der Waals surface area contributed by atoms with Gasteiger partial charge in [0.15, 0.2) is 0 Å². The summed E-state index contributed by atoms with van der Waals surface area (Å²) in [5.41, 5.74) is 1.26. The smallest absolute Gasteiger partial charge is 0.309 e. The van der Waals surface area contributed by atoms with E-state index in [9.17, 15) is 14.9 Å². The fraction of sp³-hybridized carbons (Fsp3) is 0.562. The van der Waals surface area contributed by atoms with E-state index in [4.69, 9.17) is 4.74 Å². The number of nitrogens with zero attached hydrogens (tertiary/aromatic N) is 2. The third-order valence-corrected chi connectivity index (χ3v) is 4.95. The van der Waals surface area contributed by atoms with Gasteiger partial charge < -0.3 is 9.64 Å². The van der Waals surface area contributed by atoms with Gasteiger partial charge in [0.2, 0.25) is 0 Å². The van der Waals surface area contributed by atoms with Gasteiger partial charge in [0.05, 0.1) is 17.4 Å². The maximum atomic E-state index is 11.8. The molecule has 1 saturated carbocycles. The highest BCUT2D eigenvalue weighted by molar-refractivity contribution is 5.77. The summed E-state index contributed by atoms with van der Waals surface area (Å²) in [5, 5.41) is 10.7. The molecule has 118 valence electrons. The Morgan fingerprint density at radius 3 is 2.55 bits per heavy atom. The molecule has 1 atom stereocenters. The van der Waals surface area contributed by atoms with Gasteiger partial charge >= 0.3 is 5.97 Å². The van der Waals surface area contributed by atoms with Crippen LogP contribution in [-0.4, -0.2) is 30.6 Å². The summed E-state index contributed by atoms with van der Waals surface area (Å²) in [6, 6.07) is 6.67. The van der Waals surface area contributed by atoms with Crippen molar-refractivity contribution in [1.29, 1.82) is 0 Å². The molecule has 1 saturated heterocycles. The molecule has 3 rings (SSSR count). The number of non-ortho nitro benzene ring substituents is 1. The van der Waals surface area contributed by atoms with Crippen LogP contribution >= 0.6 is 0 Å². The molecular formula is C16H20N2O4. The van der Waals surface area contributed by atoms with E-state index in [1.807, 2.05) is 6.92 Å². The van der Waals surface area contributed by atoms with Crippen molar-refractivity contribution < 1.29 is 14.5 Å². The summed E-state index contributed by atoms with van der Waals surface area (Å²) in [6.07, 6.45) is 2.90. The SMILES string of the molecule is CCOC(=O)C1CC12CCN(c1ccc([N+](=O)[O-])cc1)CC2. The zero-order chi connectivity index (χ0) is 15.7. The number of hydrogen-bond donors (Lipinski definition) is 0. The van der Waals surface area contributed by atoms with E-state index >= 15 is 0 Å². The Bertz CT molecular complexity index is 576. The van der Waals surface area contributed by atoms with Crippen LogP contribution in [0.25, 0.3) is 0 Å². The molecular weight excluding hydrogens is 284 g/mol. The van der Waals surface area contributed by atoms with Gasteiger partial charge in [-0.3, -0.25) is 14.9 Å². The topological polar surface area (TPSA) is 72.7 Å². The van der Waals surface area contributed by atoms with E-state index in [1.165, 1.54) is 12.1 Å². The molecule has 1 aliphatic carbocycles. The third-order valence-electron chi connectivity index (χ3n) is 4.95. The van der Waals surface area contributed by atoms with Crippen molar-refractivity contribution in [3.8, 4) is 0 Å². The molecule has 2 fully saturated rings. The Morgan fingerprint density at radius 2 is 2.00 bits per heavy atom. The molecule has 1 spiro atoms. The lowest BCUT2D eigenvalue weighted by molar-refractivity contribution is -0.384. The van der Waals surface area contributed by atoms with E-state index < -0.39 is 0 Å². The van der Waals surface area contributed by atoms with Gasteiger partial charge in [-0.25, -0.2) is 0 Å². The number of nitro benzene ring substituents is 1. The van der Waals surface area contributed by atoms with Crippen molar-refractivity contribution in [2.45, 2.75) is 26.2 Å². The normalized spacial score (nSPS) is 22.4. The van der Waals surface area contributed by atoms with Gasteiger partial charge in [-0.15, -0.1) is 0 Å². The van der Waals surface area contributed by atoms with Gasteiger partial charge in [-0.1, -0.05) is 0 Å². The average Bonchev–Trinajstić information content (AvgIpc) is 3.22. The Kier molecular flexibility index (Phi) is 3.76. The summed E-state index contributed by atoms with van der Waals surface area (Å²) in [6.45, 7) is 4.05. The van der Waals surface area contributed by atoms with E-state index in [2.05, 4.69) is 4.90 Å². The highest BCUT2D eigenvalue weighted by atomic mass is 16.6. The molecule has 0 amide bonds. The van der Waals surface area contributed by atoms with E-state index in [1.54, 1.807) is 12.1 Å². The number of ether oxygens (including phenoxy) is 1. The zero-order valence-corrected chi connectivity index (χ0v) is 12.7. The standard InChI is InChI=1S/C16H20N2O4/c1-2-22-15(19)14-11-16(14)7-9-17(10-8-16)12-3-5-13(6-4-12)18(20)21/h3-6,14H,2,7-11H2,1H3. The molecule has 0 bridgehead atoms. The number of esters is 1. The lowest BCUT2D eigenvalue weighted by Crippen LogP contribution is -2.35. The molecule has 1 aromatic rings. The molecule has 6 heteroatoms. The predicted octanol–water partition coefficient (Wildman–Crippen LogP) is 2.76. The minimum absolute atomic E-state index is 0.0497. The number of rotatable bonds is 4. The van der Waals surface area contributed by atoms with E-state index in [0.29, 0.717) is 6.61 Å². The number of piperidine rings is 1. The minimum Gasteiger partial charge on any atom is -0.466 e. The Morgan fingerprint density at radius 1 is 1.36 bits per heavy atom. The maximum absolute atomic E-state index is 11.8. The van der Waals surface area contributed by atoms with Crippen molar-refractivity contribution in [2.24, 2.45) is 11.3 Å². The van der Waals surface area contributed by atoms with Crippen LogP contribution < -0.4 is 4.90 Å². The first-order valence-electron chi connectivity index (χ1n) is 7.72. The van der Waals surface area contributed by atoms with E-state index in [-0.39, 0.29) is 27.9 Å². The molecule has 0 radical (unpaired) electrons. The number of carbonyl (C=O) groups excluding carboxylic acids is 1. The quantitative estimate of drug-likeness (QED) is 0.486. The lowest BCUT2D eigenvalue weighted by Gasteiger charge is -2.34. The van der Waals surface area contributed by atoms with Crippen LogP contribution in [0.5, 0.6) is 0 Å². The molecule has 2 aliphatic rings. The first kappa shape index (κ1) is 14.8. The Balaban J connectivity index is 1.58. The van der Waals surface area contributed by atoms with Gasteiger partial charge in [0.25, 0.3) is 5.69 Å². The average molecular weight is 304 g/mol.